The number of fused-ring (bicyclic) bond motifs is 5. The lowest BCUT2D eigenvalue weighted by Gasteiger charge is -2.58. The van der Waals surface area contributed by atoms with Gasteiger partial charge in [0.15, 0.2) is 0 Å². The molecule has 388 valence electrons. The van der Waals surface area contributed by atoms with E-state index in [-0.39, 0.29) is 48.3 Å². The summed E-state index contributed by atoms with van der Waals surface area (Å²) in [5.41, 5.74) is 8.43. The van der Waals surface area contributed by atoms with E-state index in [0.29, 0.717) is 36.2 Å². The van der Waals surface area contributed by atoms with Crippen molar-refractivity contribution in [1.82, 2.24) is 16.0 Å². The summed E-state index contributed by atoms with van der Waals surface area (Å²) < 4.78 is 16.5. The Bertz CT molecular complexity index is 2230. The summed E-state index contributed by atoms with van der Waals surface area (Å²) in [5, 5.41) is 21.1. The van der Waals surface area contributed by atoms with Crippen LogP contribution in [0.2, 0.25) is 0 Å². The number of hydrogen-bond acceptors (Lipinski definition) is 11. The molecule has 0 bridgehead atoms. The zero-order chi connectivity index (χ0) is 51.3. The molecule has 9 atom stereocenters. The molecule has 0 saturated heterocycles. The standard InChI is InChI=1S/C54H76N6O11/c1-34(2)8-6-9-35(3)43-20-21-44-42-19-12-37-30-41(24-26-53(37,4)45(42)25-27-54(43,44)5)69-29-7-28-56-48(62)22-23-49(63)59-46(31-47(55)61)51(65)57-32-50(64)58-38-13-10-36(11-14-38)33-70-52(66)71-40-17-15-39(16-18-40)60(67)68/h10-18,34-35,41-46H,6-9,19-33H2,1-5H3,(H2,55,61)(H,56,62)(H,57,65)(H,58,64)(H,59,63)/t35-,41+,42+,43-,44?,45+,46+,53+,54-/m1/s1. The normalized spacial score (nSPS) is 25.2. The number of benzene rings is 2. The molecule has 0 heterocycles. The van der Waals surface area contributed by atoms with Crippen LogP contribution in [-0.2, 0) is 40.1 Å². The van der Waals surface area contributed by atoms with Gasteiger partial charge >= 0.3 is 6.16 Å². The first kappa shape index (κ1) is 54.5. The van der Waals surface area contributed by atoms with Gasteiger partial charge in [-0.25, -0.2) is 4.79 Å². The number of anilines is 1. The maximum absolute atomic E-state index is 12.9. The average molecular weight is 985 g/mol. The number of ether oxygens (including phenoxy) is 3. The van der Waals surface area contributed by atoms with Crippen LogP contribution >= 0.6 is 0 Å². The van der Waals surface area contributed by atoms with Crippen molar-refractivity contribution in [2.45, 2.75) is 150 Å². The molecule has 2 aromatic rings. The van der Waals surface area contributed by atoms with E-state index >= 15 is 0 Å². The maximum Gasteiger partial charge on any atom is 0.514 e. The number of hydrogen-bond donors (Lipinski definition) is 5. The van der Waals surface area contributed by atoms with Crippen LogP contribution in [0.3, 0.4) is 0 Å². The van der Waals surface area contributed by atoms with Gasteiger partial charge in [-0.1, -0.05) is 77.7 Å². The third kappa shape index (κ3) is 14.9. The van der Waals surface area contributed by atoms with E-state index < -0.39 is 53.7 Å². The highest BCUT2D eigenvalue weighted by atomic mass is 16.7. The van der Waals surface area contributed by atoms with Gasteiger partial charge in [-0.2, -0.15) is 0 Å². The summed E-state index contributed by atoms with van der Waals surface area (Å²) in [4.78, 5) is 84.9. The fourth-order valence-electron chi connectivity index (χ4n) is 12.4. The van der Waals surface area contributed by atoms with Crippen LogP contribution in [-0.4, -0.2) is 72.5 Å². The van der Waals surface area contributed by atoms with Crippen molar-refractivity contribution < 1.29 is 47.9 Å². The van der Waals surface area contributed by atoms with Crippen molar-refractivity contribution in [2.24, 2.45) is 52.1 Å². The van der Waals surface area contributed by atoms with Gasteiger partial charge in [0.25, 0.3) is 5.69 Å². The number of primary amides is 1. The third-order valence-corrected chi connectivity index (χ3v) is 16.2. The Balaban J connectivity index is 0.839. The molecule has 0 spiro atoms. The SMILES string of the molecule is CC(C)CCC[C@@H](C)[C@H]1CCC2[C@@H]3CC=C4C[C@@H](OCCCNC(=O)CCC(=O)N[C@@H](CC(N)=O)C(=O)NCC(=O)Nc5ccc(COC(=O)Oc6ccc([N+](=O)[O-])cc6)cc5)CC[C@]4(C)[C@H]3CC[C@@]21C. The van der Waals surface area contributed by atoms with Crippen molar-refractivity contribution >= 4 is 47.1 Å². The molecule has 4 aliphatic carbocycles. The van der Waals surface area contributed by atoms with Crippen LogP contribution in [0.15, 0.2) is 60.2 Å². The first-order valence-electron chi connectivity index (χ1n) is 25.8. The van der Waals surface area contributed by atoms with Crippen molar-refractivity contribution in [3.8, 4) is 5.75 Å². The number of nitrogens with two attached hydrogens (primary N) is 1. The van der Waals surface area contributed by atoms with Crippen molar-refractivity contribution in [2.75, 3.05) is 25.0 Å². The van der Waals surface area contributed by atoms with Gasteiger partial charge in [-0.15, -0.1) is 0 Å². The van der Waals surface area contributed by atoms with Gasteiger partial charge in [0.2, 0.25) is 29.5 Å². The summed E-state index contributed by atoms with van der Waals surface area (Å²) in [6.07, 6.45) is 15.5. The monoisotopic (exact) mass is 985 g/mol. The highest BCUT2D eigenvalue weighted by Gasteiger charge is 2.59. The lowest BCUT2D eigenvalue weighted by atomic mass is 9.47. The van der Waals surface area contributed by atoms with Crippen molar-refractivity contribution in [1.29, 1.82) is 0 Å². The van der Waals surface area contributed by atoms with E-state index in [2.05, 4.69) is 62.0 Å². The number of nitro benzene ring substituents is 1. The quantitative estimate of drug-likeness (QED) is 0.0167. The highest BCUT2D eigenvalue weighted by molar-refractivity contribution is 5.97. The Labute approximate surface area is 418 Å². The zero-order valence-electron chi connectivity index (χ0n) is 42.3. The van der Waals surface area contributed by atoms with Gasteiger partial charge in [0, 0.05) is 43.8 Å². The molecule has 6 N–H and O–H groups in total. The molecule has 71 heavy (non-hydrogen) atoms. The van der Waals surface area contributed by atoms with E-state index in [0.717, 1.165) is 54.8 Å². The zero-order valence-corrected chi connectivity index (χ0v) is 42.3. The van der Waals surface area contributed by atoms with Crippen LogP contribution in [0.5, 0.6) is 5.75 Å². The molecule has 5 amide bonds. The number of nitrogens with one attached hydrogen (secondary N) is 4. The van der Waals surface area contributed by atoms with Crippen LogP contribution in [0.1, 0.15) is 136 Å². The molecule has 6 rings (SSSR count). The van der Waals surface area contributed by atoms with E-state index in [9.17, 15) is 38.9 Å². The van der Waals surface area contributed by atoms with Gasteiger partial charge in [0.05, 0.1) is 24.0 Å². The number of nitrogens with zero attached hydrogens (tertiary/aromatic N) is 1. The molecule has 17 nitrogen and oxygen atoms in total. The van der Waals surface area contributed by atoms with Gasteiger partial charge in [-0.3, -0.25) is 34.1 Å². The fourth-order valence-corrected chi connectivity index (χ4v) is 12.4. The molecule has 3 fully saturated rings. The summed E-state index contributed by atoms with van der Waals surface area (Å²) in [5.74, 6) is 1.68. The smallest absolute Gasteiger partial charge is 0.429 e. The molecule has 3 saturated carbocycles. The molecular formula is C54H76N6O11. The lowest BCUT2D eigenvalue weighted by molar-refractivity contribution is -0.384. The minimum atomic E-state index is -1.36. The Morgan fingerprint density at radius 1 is 0.845 bits per heavy atom. The number of non-ortho nitro benzene ring substituents is 1. The number of rotatable bonds is 24. The molecule has 0 radical (unpaired) electrons. The van der Waals surface area contributed by atoms with Gasteiger partial charge in [0.1, 0.15) is 18.4 Å². The third-order valence-electron chi connectivity index (χ3n) is 16.2. The predicted molar refractivity (Wildman–Crippen MR) is 267 cm³/mol. The number of carbonyl (C=O) groups is 6. The minimum absolute atomic E-state index is 0.0669. The van der Waals surface area contributed by atoms with E-state index in [1.54, 1.807) is 17.7 Å². The molecule has 0 aromatic heterocycles. The van der Waals surface area contributed by atoms with Gasteiger partial charge in [-0.05, 0) is 134 Å². The number of carbonyl (C=O) groups excluding carboxylic acids is 6. The second kappa shape index (κ2) is 25.0. The van der Waals surface area contributed by atoms with Crippen LogP contribution < -0.4 is 31.7 Å². The van der Waals surface area contributed by atoms with Crippen molar-refractivity contribution in [3.63, 3.8) is 0 Å². The fraction of sp³-hybridized carbons (Fsp3) is 0.630. The Kier molecular flexibility index (Phi) is 19.2. The average Bonchev–Trinajstić information content (AvgIpc) is 3.69. The summed E-state index contributed by atoms with van der Waals surface area (Å²) in [7, 11) is 0. The van der Waals surface area contributed by atoms with E-state index in [4.69, 9.17) is 19.9 Å². The first-order valence-corrected chi connectivity index (χ1v) is 25.8. The Morgan fingerprint density at radius 3 is 2.28 bits per heavy atom. The van der Waals surface area contributed by atoms with E-state index in [1.807, 2.05) is 0 Å². The molecular weight excluding hydrogens is 909 g/mol. The van der Waals surface area contributed by atoms with Crippen LogP contribution in [0, 0.1) is 56.5 Å². The minimum Gasteiger partial charge on any atom is -0.429 e. The Morgan fingerprint density at radius 2 is 1.58 bits per heavy atom. The van der Waals surface area contributed by atoms with E-state index in [1.165, 1.54) is 87.8 Å². The largest absolute Gasteiger partial charge is 0.514 e. The summed E-state index contributed by atoms with van der Waals surface area (Å²) >= 11 is 0. The summed E-state index contributed by atoms with van der Waals surface area (Å²) in [6.45, 7) is 12.7. The lowest BCUT2D eigenvalue weighted by Crippen LogP contribution is -2.51. The number of allylic oxidation sites excluding steroid dienone is 1. The molecule has 4 aliphatic rings. The molecule has 1 unspecified atom stereocenters. The summed E-state index contributed by atoms with van der Waals surface area (Å²) in [6, 6.07) is 9.78. The maximum atomic E-state index is 12.9. The number of amides is 5. The van der Waals surface area contributed by atoms with Gasteiger partial charge < -0.3 is 41.2 Å². The second-order valence-corrected chi connectivity index (χ2v) is 21.4. The second-order valence-electron chi connectivity index (χ2n) is 21.4. The van der Waals surface area contributed by atoms with Crippen molar-refractivity contribution in [3.05, 3.63) is 75.9 Å². The topological polar surface area (TPSA) is 247 Å². The number of nitro groups is 1. The molecule has 17 heteroatoms. The van der Waals surface area contributed by atoms with Crippen LogP contribution in [0.25, 0.3) is 0 Å². The first-order chi connectivity index (χ1) is 33.8. The molecule has 2 aromatic carbocycles. The van der Waals surface area contributed by atoms with Crippen LogP contribution in [0.4, 0.5) is 16.2 Å². The Hall–Kier alpha value is -5.84. The molecule has 0 aliphatic heterocycles. The highest BCUT2D eigenvalue weighted by Crippen LogP contribution is 2.67. The predicted octanol–water partition coefficient (Wildman–Crippen LogP) is 8.44.